The molecule has 0 saturated carbocycles. The smallest absolute Gasteiger partial charge is 0.297 e. The van der Waals surface area contributed by atoms with Gasteiger partial charge in [-0.3, -0.25) is 14.5 Å². The van der Waals surface area contributed by atoms with Gasteiger partial charge in [0.2, 0.25) is 5.76 Å². The number of para-hydroxylation sites is 1. The highest BCUT2D eigenvalue weighted by Gasteiger charge is 2.45. The highest BCUT2D eigenvalue weighted by atomic mass is 32.1. The number of phenols is 1. The Hall–Kier alpha value is -4.37. The molecule has 0 saturated heterocycles. The molecule has 1 aliphatic rings. The maximum absolute atomic E-state index is 13.9. The van der Waals surface area contributed by atoms with Crippen LogP contribution in [0.4, 0.5) is 5.13 Å². The number of ether oxygens (including phenoxy) is 2. The third-order valence-corrected chi connectivity index (χ3v) is 7.26. The van der Waals surface area contributed by atoms with Crippen LogP contribution in [0.2, 0.25) is 0 Å². The first kappa shape index (κ1) is 23.1. The molecular weight excluding hydrogens is 492 g/mol. The Bertz CT molecular complexity index is 1740. The molecule has 0 aliphatic carbocycles. The summed E-state index contributed by atoms with van der Waals surface area (Å²) in [6.45, 7) is 4.59. The fourth-order valence-electron chi connectivity index (χ4n) is 4.66. The van der Waals surface area contributed by atoms with Crippen molar-refractivity contribution < 1.29 is 23.8 Å². The van der Waals surface area contributed by atoms with E-state index in [4.69, 9.17) is 18.9 Å². The number of anilines is 1. The van der Waals surface area contributed by atoms with E-state index >= 15 is 0 Å². The van der Waals surface area contributed by atoms with Crippen molar-refractivity contribution in [3.8, 4) is 17.2 Å². The Kier molecular flexibility index (Phi) is 5.57. The highest BCUT2D eigenvalue weighted by Crippen LogP contribution is 2.45. The Morgan fingerprint density at radius 3 is 2.65 bits per heavy atom. The van der Waals surface area contributed by atoms with Gasteiger partial charge in [0.1, 0.15) is 11.3 Å². The summed E-state index contributed by atoms with van der Waals surface area (Å²) in [5.74, 6) is 0.458. The lowest BCUT2D eigenvalue weighted by atomic mass is 9.98. The van der Waals surface area contributed by atoms with Crippen molar-refractivity contribution in [1.82, 2.24) is 4.98 Å². The molecule has 6 rings (SSSR count). The summed E-state index contributed by atoms with van der Waals surface area (Å²) >= 11 is 1.32. The van der Waals surface area contributed by atoms with Gasteiger partial charge in [-0.25, -0.2) is 4.98 Å². The molecule has 186 valence electrons. The number of nitrogens with zero attached hydrogens (tertiary/aromatic N) is 2. The van der Waals surface area contributed by atoms with Crippen molar-refractivity contribution in [2.24, 2.45) is 0 Å². The van der Waals surface area contributed by atoms with E-state index < -0.39 is 11.9 Å². The van der Waals surface area contributed by atoms with Crippen molar-refractivity contribution in [2.45, 2.75) is 19.9 Å². The van der Waals surface area contributed by atoms with Gasteiger partial charge in [0, 0.05) is 0 Å². The van der Waals surface area contributed by atoms with Gasteiger partial charge in [0.05, 0.1) is 40.4 Å². The number of aromatic hydroxyl groups is 1. The molecule has 0 fully saturated rings. The van der Waals surface area contributed by atoms with E-state index in [9.17, 15) is 14.7 Å². The first-order chi connectivity index (χ1) is 18.0. The zero-order chi connectivity index (χ0) is 25.7. The molecule has 5 aromatic rings. The minimum atomic E-state index is -0.824. The van der Waals surface area contributed by atoms with Crippen LogP contribution in [0.25, 0.3) is 21.2 Å². The van der Waals surface area contributed by atoms with Gasteiger partial charge in [-0.2, -0.15) is 0 Å². The van der Waals surface area contributed by atoms with Crippen molar-refractivity contribution in [3.63, 3.8) is 0 Å². The predicted molar refractivity (Wildman–Crippen MR) is 141 cm³/mol. The largest absolute Gasteiger partial charge is 0.504 e. The Morgan fingerprint density at radius 1 is 1.03 bits per heavy atom. The number of aromatic nitrogens is 1. The van der Waals surface area contributed by atoms with Crippen LogP contribution in [0, 0.1) is 0 Å². The number of thiazole rings is 1. The van der Waals surface area contributed by atoms with Crippen molar-refractivity contribution in [2.75, 3.05) is 18.1 Å². The van der Waals surface area contributed by atoms with E-state index in [1.807, 2.05) is 32.0 Å². The second-order valence-corrected chi connectivity index (χ2v) is 9.48. The minimum Gasteiger partial charge on any atom is -0.504 e. The summed E-state index contributed by atoms with van der Waals surface area (Å²) in [5.41, 5.74) is 1.57. The van der Waals surface area contributed by atoms with Crippen LogP contribution in [0.3, 0.4) is 0 Å². The Morgan fingerprint density at radius 2 is 1.84 bits per heavy atom. The summed E-state index contributed by atoms with van der Waals surface area (Å²) in [6, 6.07) is 16.4. The average molecular weight is 515 g/mol. The molecule has 37 heavy (non-hydrogen) atoms. The summed E-state index contributed by atoms with van der Waals surface area (Å²) in [5, 5.41) is 11.1. The normalized spacial score (nSPS) is 14.9. The lowest BCUT2D eigenvalue weighted by molar-refractivity contribution is 0.0971. The Labute approximate surface area is 215 Å². The van der Waals surface area contributed by atoms with Gasteiger partial charge in [-0.15, -0.1) is 0 Å². The summed E-state index contributed by atoms with van der Waals surface area (Å²) in [4.78, 5) is 33.8. The van der Waals surface area contributed by atoms with Crippen LogP contribution >= 0.6 is 11.3 Å². The number of hydrogen-bond donors (Lipinski definition) is 1. The molecule has 9 heteroatoms. The number of carbonyl (C=O) groups excluding carboxylic acids is 1. The summed E-state index contributed by atoms with van der Waals surface area (Å²) in [6.07, 6.45) is 0. The molecule has 1 atom stereocenters. The summed E-state index contributed by atoms with van der Waals surface area (Å²) < 4.78 is 18.1. The van der Waals surface area contributed by atoms with Gasteiger partial charge < -0.3 is 19.0 Å². The Balaban J connectivity index is 1.59. The maximum Gasteiger partial charge on any atom is 0.297 e. The minimum absolute atomic E-state index is 0.0194. The van der Waals surface area contributed by atoms with E-state index in [-0.39, 0.29) is 28.3 Å². The molecular formula is C28H22N2O6S. The monoisotopic (exact) mass is 514 g/mol. The third-order valence-electron chi connectivity index (χ3n) is 6.24. The van der Waals surface area contributed by atoms with Gasteiger partial charge in [-0.05, 0) is 61.9 Å². The number of benzene rings is 3. The zero-order valence-electron chi connectivity index (χ0n) is 20.1. The second-order valence-electron chi connectivity index (χ2n) is 8.47. The number of amides is 1. The maximum atomic E-state index is 13.9. The standard InChI is InChI=1S/C28H22N2O6S/c1-3-34-16-10-11-18-22(14-16)37-28(29-18)30-24(15-9-12-19(31)21(13-15)35-4-2)23-25(32)17-7-5-6-8-20(17)36-26(23)27(30)33/h5-14,24,31H,3-4H2,1-2H3. The molecule has 3 heterocycles. The van der Waals surface area contributed by atoms with Crippen LogP contribution in [0.5, 0.6) is 17.2 Å². The number of rotatable bonds is 6. The van der Waals surface area contributed by atoms with Crippen LogP contribution in [-0.4, -0.2) is 29.2 Å². The van der Waals surface area contributed by atoms with Crippen molar-refractivity contribution in [3.05, 3.63) is 87.8 Å². The first-order valence-corrected chi connectivity index (χ1v) is 12.7. The van der Waals surface area contributed by atoms with Gasteiger partial charge in [0.15, 0.2) is 22.1 Å². The van der Waals surface area contributed by atoms with E-state index in [1.54, 1.807) is 36.4 Å². The van der Waals surface area contributed by atoms with Gasteiger partial charge in [-0.1, -0.05) is 29.5 Å². The zero-order valence-corrected chi connectivity index (χ0v) is 20.9. The van der Waals surface area contributed by atoms with E-state index in [0.29, 0.717) is 46.1 Å². The number of carbonyl (C=O) groups is 1. The van der Waals surface area contributed by atoms with Crippen molar-refractivity contribution >= 4 is 43.6 Å². The van der Waals surface area contributed by atoms with E-state index in [2.05, 4.69) is 0 Å². The average Bonchev–Trinajstić information content (AvgIpc) is 3.44. The number of hydrogen-bond acceptors (Lipinski definition) is 8. The van der Waals surface area contributed by atoms with Crippen LogP contribution < -0.4 is 19.8 Å². The van der Waals surface area contributed by atoms with Gasteiger partial charge in [0.25, 0.3) is 5.91 Å². The molecule has 1 amide bonds. The van der Waals surface area contributed by atoms with Gasteiger partial charge >= 0.3 is 0 Å². The van der Waals surface area contributed by atoms with Crippen LogP contribution in [0.15, 0.2) is 69.9 Å². The molecule has 0 radical (unpaired) electrons. The molecule has 3 aromatic carbocycles. The molecule has 1 aliphatic heterocycles. The molecule has 0 bridgehead atoms. The van der Waals surface area contributed by atoms with Crippen LogP contribution in [-0.2, 0) is 0 Å². The fourth-order valence-corrected chi connectivity index (χ4v) is 5.68. The molecule has 1 unspecified atom stereocenters. The predicted octanol–water partition coefficient (Wildman–Crippen LogP) is 5.66. The lowest BCUT2D eigenvalue weighted by Gasteiger charge is -2.23. The number of phenolic OH excluding ortho intramolecular Hbond substituents is 1. The topological polar surface area (TPSA) is 102 Å². The first-order valence-electron chi connectivity index (χ1n) is 11.9. The lowest BCUT2D eigenvalue weighted by Crippen LogP contribution is -2.29. The molecule has 2 aromatic heterocycles. The molecule has 1 N–H and O–H groups in total. The van der Waals surface area contributed by atoms with Crippen molar-refractivity contribution in [1.29, 1.82) is 0 Å². The van der Waals surface area contributed by atoms with E-state index in [1.165, 1.54) is 22.3 Å². The summed E-state index contributed by atoms with van der Waals surface area (Å²) in [7, 11) is 0. The highest BCUT2D eigenvalue weighted by molar-refractivity contribution is 7.22. The molecule has 0 spiro atoms. The number of fused-ring (bicyclic) bond motifs is 3. The van der Waals surface area contributed by atoms with E-state index in [0.717, 1.165) is 4.70 Å². The van der Waals surface area contributed by atoms with Crippen LogP contribution in [0.1, 0.15) is 41.6 Å². The second kappa shape index (κ2) is 8.94. The third kappa shape index (κ3) is 3.70. The molecule has 8 nitrogen and oxygen atoms in total. The quantitative estimate of drug-likeness (QED) is 0.312. The fraction of sp³-hybridized carbons (Fsp3) is 0.179. The SMILES string of the molecule is CCOc1ccc2nc(N3C(=O)c4oc5ccccc5c(=O)c4C3c3ccc(O)c(OCC)c3)sc2c1.